The molecule has 0 aromatic heterocycles. The normalized spacial score (nSPS) is 31.2. The first kappa shape index (κ1) is 10.3. The van der Waals surface area contributed by atoms with Gasteiger partial charge in [0.1, 0.15) is 0 Å². The predicted molar refractivity (Wildman–Crippen MR) is 55.5 cm³/mol. The van der Waals surface area contributed by atoms with Gasteiger partial charge in [0.2, 0.25) is 0 Å². The summed E-state index contributed by atoms with van der Waals surface area (Å²) in [6.45, 7) is 0. The van der Waals surface area contributed by atoms with Crippen molar-refractivity contribution in [3.05, 3.63) is 10.6 Å². The molecule has 0 radical (unpaired) electrons. The highest BCUT2D eigenvalue weighted by Crippen LogP contribution is 2.23. The van der Waals surface area contributed by atoms with Gasteiger partial charge in [0.05, 0.1) is 6.10 Å². The average molecular weight is 233 g/mol. The third-order valence-corrected chi connectivity index (χ3v) is 3.19. The smallest absolute Gasteiger partial charge is 0.0882 e. The molecule has 1 unspecified atom stereocenters. The third kappa shape index (κ3) is 3.28. The van der Waals surface area contributed by atoms with Crippen LogP contribution in [0.2, 0.25) is 0 Å². The number of hydrogen-bond acceptors (Lipinski definition) is 1. The van der Waals surface area contributed by atoms with Gasteiger partial charge in [-0.2, -0.15) is 0 Å². The molecule has 70 valence electrons. The van der Waals surface area contributed by atoms with Crippen molar-refractivity contribution < 1.29 is 4.74 Å². The number of halogens is 1. The Labute approximate surface area is 83.3 Å². The van der Waals surface area contributed by atoms with Crippen LogP contribution >= 0.6 is 15.9 Å². The summed E-state index contributed by atoms with van der Waals surface area (Å²) >= 11 is 3.57. The number of allylic oxidation sites excluding steroid dienone is 1. The topological polar surface area (TPSA) is 9.23 Å². The molecule has 12 heavy (non-hydrogen) atoms. The van der Waals surface area contributed by atoms with E-state index in [1.165, 1.54) is 36.6 Å². The Bertz CT molecular complexity index is 154. The third-order valence-electron chi connectivity index (χ3n) is 2.35. The lowest BCUT2D eigenvalue weighted by Crippen LogP contribution is -2.09. The van der Waals surface area contributed by atoms with Gasteiger partial charge in [-0.25, -0.2) is 0 Å². The Morgan fingerprint density at radius 1 is 1.33 bits per heavy atom. The van der Waals surface area contributed by atoms with Gasteiger partial charge in [-0.3, -0.25) is 0 Å². The molecule has 0 spiro atoms. The summed E-state index contributed by atoms with van der Waals surface area (Å²) in [5.74, 6) is 0. The maximum absolute atomic E-state index is 5.38. The molecule has 0 N–H and O–H groups in total. The van der Waals surface area contributed by atoms with Crippen molar-refractivity contribution in [2.45, 2.75) is 44.6 Å². The van der Waals surface area contributed by atoms with E-state index in [9.17, 15) is 0 Å². The lowest BCUT2D eigenvalue weighted by atomic mass is 10.1. The van der Waals surface area contributed by atoms with Crippen LogP contribution in [0.1, 0.15) is 38.5 Å². The molecule has 0 heterocycles. The van der Waals surface area contributed by atoms with Crippen molar-refractivity contribution in [1.82, 2.24) is 0 Å². The van der Waals surface area contributed by atoms with Gasteiger partial charge in [-0.1, -0.05) is 41.3 Å². The van der Waals surface area contributed by atoms with E-state index in [4.69, 9.17) is 4.74 Å². The molecule has 0 aromatic rings. The van der Waals surface area contributed by atoms with Gasteiger partial charge >= 0.3 is 0 Å². The van der Waals surface area contributed by atoms with Crippen molar-refractivity contribution in [3.63, 3.8) is 0 Å². The van der Waals surface area contributed by atoms with E-state index in [1.807, 2.05) is 0 Å². The standard InChI is InChI=1S/C10H17BrO/c1-12-10-8-6-4-2-3-5-7-9(10)11/h7,10H,2-6,8H2,1H3/b9-7+. The zero-order valence-corrected chi connectivity index (χ0v) is 9.27. The van der Waals surface area contributed by atoms with Crippen LogP contribution < -0.4 is 0 Å². The van der Waals surface area contributed by atoms with Crippen LogP contribution in [-0.4, -0.2) is 13.2 Å². The fourth-order valence-electron chi connectivity index (χ4n) is 1.57. The zero-order valence-electron chi connectivity index (χ0n) is 7.68. The lowest BCUT2D eigenvalue weighted by Gasteiger charge is -2.13. The van der Waals surface area contributed by atoms with Crippen LogP contribution in [0.15, 0.2) is 10.6 Å². The van der Waals surface area contributed by atoms with Crippen LogP contribution in [0.4, 0.5) is 0 Å². The number of rotatable bonds is 1. The summed E-state index contributed by atoms with van der Waals surface area (Å²) in [7, 11) is 1.79. The molecule has 0 aromatic carbocycles. The Morgan fingerprint density at radius 2 is 2.08 bits per heavy atom. The average Bonchev–Trinajstić information content (AvgIpc) is 2.17. The monoisotopic (exact) mass is 232 g/mol. The van der Waals surface area contributed by atoms with E-state index < -0.39 is 0 Å². The number of ether oxygens (including phenoxy) is 1. The number of hydrogen-bond donors (Lipinski definition) is 0. The Balaban J connectivity index is 2.49. The van der Waals surface area contributed by atoms with Crippen LogP contribution in [0.25, 0.3) is 0 Å². The van der Waals surface area contributed by atoms with Crippen LogP contribution in [-0.2, 0) is 4.74 Å². The molecule has 0 fully saturated rings. The van der Waals surface area contributed by atoms with Crippen molar-refractivity contribution in [2.75, 3.05) is 7.11 Å². The molecule has 1 aliphatic rings. The van der Waals surface area contributed by atoms with Crippen LogP contribution in [0.3, 0.4) is 0 Å². The fraction of sp³-hybridized carbons (Fsp3) is 0.800. The van der Waals surface area contributed by atoms with E-state index in [1.54, 1.807) is 7.11 Å². The molecule has 0 saturated heterocycles. The van der Waals surface area contributed by atoms with Gasteiger partial charge in [-0.05, 0) is 19.3 Å². The Hall–Kier alpha value is 0.180. The van der Waals surface area contributed by atoms with Crippen LogP contribution in [0.5, 0.6) is 0 Å². The molecule has 0 bridgehead atoms. The summed E-state index contributed by atoms with van der Waals surface area (Å²) in [5.41, 5.74) is 0. The SMILES string of the molecule is COC1CCCCCC/C=C\1Br. The molecule has 0 amide bonds. The van der Waals surface area contributed by atoms with E-state index >= 15 is 0 Å². The van der Waals surface area contributed by atoms with Gasteiger partial charge < -0.3 is 4.74 Å². The summed E-state index contributed by atoms with van der Waals surface area (Å²) in [4.78, 5) is 0. The van der Waals surface area contributed by atoms with E-state index in [0.29, 0.717) is 6.10 Å². The van der Waals surface area contributed by atoms with Gasteiger partial charge in [0.15, 0.2) is 0 Å². The summed E-state index contributed by atoms with van der Waals surface area (Å²) in [6, 6.07) is 0. The van der Waals surface area contributed by atoms with E-state index in [2.05, 4.69) is 22.0 Å². The predicted octanol–water partition coefficient (Wildman–Crippen LogP) is 3.63. The van der Waals surface area contributed by atoms with Crippen molar-refractivity contribution in [3.8, 4) is 0 Å². The molecular weight excluding hydrogens is 216 g/mol. The maximum Gasteiger partial charge on any atom is 0.0882 e. The zero-order chi connectivity index (χ0) is 8.81. The second-order valence-corrected chi connectivity index (χ2v) is 4.22. The molecular formula is C10H17BrO. The minimum Gasteiger partial charge on any atom is -0.376 e. The summed E-state index contributed by atoms with van der Waals surface area (Å²) in [6.07, 6.45) is 10.3. The Kier molecular flexibility index (Phi) is 4.93. The second kappa shape index (κ2) is 5.76. The molecule has 1 atom stereocenters. The molecule has 0 saturated carbocycles. The minimum absolute atomic E-state index is 0.308. The summed E-state index contributed by atoms with van der Waals surface area (Å²) in [5, 5.41) is 0. The quantitative estimate of drug-likeness (QED) is 0.671. The lowest BCUT2D eigenvalue weighted by molar-refractivity contribution is 0.129. The van der Waals surface area contributed by atoms with Gasteiger partial charge in [0.25, 0.3) is 0 Å². The largest absolute Gasteiger partial charge is 0.376 e. The van der Waals surface area contributed by atoms with E-state index in [-0.39, 0.29) is 0 Å². The fourth-order valence-corrected chi connectivity index (χ4v) is 2.21. The van der Waals surface area contributed by atoms with Crippen molar-refractivity contribution in [2.24, 2.45) is 0 Å². The highest BCUT2D eigenvalue weighted by molar-refractivity contribution is 9.11. The highest BCUT2D eigenvalue weighted by Gasteiger charge is 2.11. The van der Waals surface area contributed by atoms with Gasteiger partial charge in [-0.15, -0.1) is 0 Å². The molecule has 2 heteroatoms. The Morgan fingerprint density at radius 3 is 2.83 bits per heavy atom. The van der Waals surface area contributed by atoms with Crippen molar-refractivity contribution in [1.29, 1.82) is 0 Å². The first-order chi connectivity index (χ1) is 5.84. The first-order valence-corrected chi connectivity index (χ1v) is 5.52. The van der Waals surface area contributed by atoms with Crippen LogP contribution in [0, 0.1) is 0 Å². The minimum atomic E-state index is 0.308. The molecule has 1 nitrogen and oxygen atoms in total. The van der Waals surface area contributed by atoms with Crippen molar-refractivity contribution >= 4 is 15.9 Å². The van der Waals surface area contributed by atoms with Gasteiger partial charge in [0, 0.05) is 11.6 Å². The number of methoxy groups -OCH3 is 1. The van der Waals surface area contributed by atoms with E-state index in [0.717, 1.165) is 6.42 Å². The molecule has 1 aliphatic carbocycles. The summed E-state index contributed by atoms with van der Waals surface area (Å²) < 4.78 is 6.62. The molecule has 1 rings (SSSR count). The molecule has 0 aliphatic heterocycles. The highest BCUT2D eigenvalue weighted by atomic mass is 79.9. The first-order valence-electron chi connectivity index (χ1n) is 4.73. The second-order valence-electron chi connectivity index (χ2n) is 3.30. The maximum atomic E-state index is 5.38.